The van der Waals surface area contributed by atoms with E-state index in [2.05, 4.69) is 32.2 Å². The lowest BCUT2D eigenvalue weighted by Gasteiger charge is -2.24. The lowest BCUT2D eigenvalue weighted by Crippen LogP contribution is -2.46. The van der Waals surface area contributed by atoms with Gasteiger partial charge in [0, 0.05) is 12.8 Å². The predicted molar refractivity (Wildman–Crippen MR) is 255 cm³/mol. The Morgan fingerprint density at radius 2 is 0.881 bits per heavy atom. The van der Waals surface area contributed by atoms with Crippen LogP contribution in [0.5, 0.6) is 0 Å². The maximum absolute atomic E-state index is 13.1. The summed E-state index contributed by atoms with van der Waals surface area (Å²) in [6, 6.07) is -0.738. The van der Waals surface area contributed by atoms with E-state index in [9.17, 15) is 19.8 Å². The van der Waals surface area contributed by atoms with Gasteiger partial charge in [0.1, 0.15) is 6.10 Å². The van der Waals surface area contributed by atoms with Crippen molar-refractivity contribution in [1.82, 2.24) is 5.32 Å². The summed E-state index contributed by atoms with van der Waals surface area (Å²) in [5.41, 5.74) is 0. The molecule has 0 saturated heterocycles. The van der Waals surface area contributed by atoms with Crippen LogP contribution in [0.25, 0.3) is 0 Å². The van der Waals surface area contributed by atoms with Crippen LogP contribution in [0.4, 0.5) is 0 Å². The lowest BCUT2D eigenvalue weighted by atomic mass is 10.0. The zero-order valence-electron chi connectivity index (χ0n) is 38.9. The van der Waals surface area contributed by atoms with Crippen molar-refractivity contribution in [2.75, 3.05) is 6.61 Å². The van der Waals surface area contributed by atoms with E-state index in [0.717, 1.165) is 44.9 Å². The van der Waals surface area contributed by atoms with E-state index in [4.69, 9.17) is 4.74 Å². The molecule has 0 aromatic carbocycles. The van der Waals surface area contributed by atoms with Crippen LogP contribution >= 0.6 is 0 Å². The van der Waals surface area contributed by atoms with Gasteiger partial charge in [-0.05, 0) is 19.3 Å². The minimum atomic E-state index is -0.817. The number of aliphatic hydroxyl groups is 2. The Kier molecular flexibility index (Phi) is 44.7. The molecule has 0 rings (SSSR count). The van der Waals surface area contributed by atoms with Crippen molar-refractivity contribution in [2.45, 2.75) is 257 Å². The molecule has 1 amide bonds. The molecule has 3 atom stereocenters. The van der Waals surface area contributed by atoms with E-state index in [-0.39, 0.29) is 24.9 Å². The maximum atomic E-state index is 13.1. The molecule has 0 aliphatic heterocycles. The number of amides is 1. The average molecular weight is 826 g/mol. The van der Waals surface area contributed by atoms with Crippen molar-refractivity contribution < 1.29 is 24.5 Å². The number of unbranched alkanes of at least 4 members (excludes halogenated alkanes) is 27. The van der Waals surface area contributed by atoms with E-state index < -0.39 is 18.2 Å². The minimum absolute atomic E-state index is 0.0172. The normalized spacial score (nSPS) is 13.8. The molecule has 6 nitrogen and oxygen atoms in total. The van der Waals surface area contributed by atoms with Crippen LogP contribution in [0, 0.1) is 0 Å². The topological polar surface area (TPSA) is 95.9 Å². The number of hydrogen-bond donors (Lipinski definition) is 3. The number of hydrogen-bond acceptors (Lipinski definition) is 5. The second-order valence-electron chi connectivity index (χ2n) is 17.0. The van der Waals surface area contributed by atoms with Crippen molar-refractivity contribution in [3.8, 4) is 0 Å². The summed E-state index contributed by atoms with van der Waals surface area (Å²) in [4.78, 5) is 26.0. The SMILES string of the molecule is CC/C=C/C=C/C=C\C=C/C=C/CC(CC(=O)NC(CO)C(O)CCCCCCCCCCCCCCCC)OC(=O)CCCCCCCCCCCCCCCCC. The molecule has 3 unspecified atom stereocenters. The summed E-state index contributed by atoms with van der Waals surface area (Å²) in [5, 5.41) is 23.7. The van der Waals surface area contributed by atoms with E-state index in [1.165, 1.54) is 148 Å². The zero-order chi connectivity index (χ0) is 43.1. The molecule has 0 spiro atoms. The number of carbonyl (C=O) groups is 2. The first-order chi connectivity index (χ1) is 29.0. The molecule has 0 radical (unpaired) electrons. The lowest BCUT2D eigenvalue weighted by molar-refractivity contribution is -0.150. The Bertz CT molecular complexity index is 1060. The van der Waals surface area contributed by atoms with Gasteiger partial charge in [-0.25, -0.2) is 0 Å². The van der Waals surface area contributed by atoms with E-state index in [1.54, 1.807) is 0 Å². The highest BCUT2D eigenvalue weighted by molar-refractivity contribution is 5.77. The van der Waals surface area contributed by atoms with E-state index in [1.807, 2.05) is 54.7 Å². The minimum Gasteiger partial charge on any atom is -0.461 e. The molecule has 0 fully saturated rings. The number of allylic oxidation sites excluding steroid dienone is 9. The molecule has 59 heavy (non-hydrogen) atoms. The standard InChI is InChI=1S/C53H95NO5/c1-4-7-10-13-16-19-22-24-26-28-31-34-37-40-43-46-53(58)59-49(44-41-38-35-32-29-21-18-15-12-9-6-3)47-52(57)54-50(48-55)51(56)45-42-39-36-33-30-27-25-23-20-17-14-11-8-5-2/h9,12,15,18,21,29,32,35,38,41,49-51,55-56H,4-8,10-11,13-14,16-17,19-20,22-28,30-31,33-34,36-37,39-40,42-48H2,1-3H3,(H,54,57)/b12-9+,18-15+,29-21-,35-32-,41-38+. The third-order valence-corrected chi connectivity index (χ3v) is 11.2. The third-order valence-electron chi connectivity index (χ3n) is 11.2. The van der Waals surface area contributed by atoms with Crippen LogP contribution < -0.4 is 5.32 Å². The molecule has 0 bridgehead atoms. The summed E-state index contributed by atoms with van der Waals surface area (Å²) < 4.78 is 5.83. The highest BCUT2D eigenvalue weighted by Gasteiger charge is 2.23. The van der Waals surface area contributed by atoms with Crippen LogP contribution in [-0.4, -0.2) is 46.9 Å². The summed E-state index contributed by atoms with van der Waals surface area (Å²) >= 11 is 0. The second kappa shape index (κ2) is 46.6. The first-order valence-corrected chi connectivity index (χ1v) is 25.1. The predicted octanol–water partition coefficient (Wildman–Crippen LogP) is 14.8. The third kappa shape index (κ3) is 42.1. The Morgan fingerprint density at radius 3 is 1.29 bits per heavy atom. The largest absolute Gasteiger partial charge is 0.461 e. The highest BCUT2D eigenvalue weighted by Crippen LogP contribution is 2.17. The summed E-state index contributed by atoms with van der Waals surface area (Å²) in [7, 11) is 0. The molecule has 0 aromatic heterocycles. The van der Waals surface area contributed by atoms with Gasteiger partial charge < -0.3 is 20.3 Å². The van der Waals surface area contributed by atoms with Crippen LogP contribution in [-0.2, 0) is 14.3 Å². The quantitative estimate of drug-likeness (QED) is 0.0323. The molecule has 0 heterocycles. The van der Waals surface area contributed by atoms with Crippen LogP contribution in [0.15, 0.2) is 60.8 Å². The van der Waals surface area contributed by atoms with Crippen molar-refractivity contribution in [3.05, 3.63) is 60.8 Å². The number of ether oxygens (including phenoxy) is 1. The summed E-state index contributed by atoms with van der Waals surface area (Å²) in [5.74, 6) is -0.602. The van der Waals surface area contributed by atoms with Gasteiger partial charge >= 0.3 is 5.97 Å². The van der Waals surface area contributed by atoms with Crippen LogP contribution in [0.2, 0.25) is 0 Å². The van der Waals surface area contributed by atoms with Gasteiger partial charge in [0.2, 0.25) is 5.91 Å². The number of nitrogens with one attached hydrogen (secondary N) is 1. The molecule has 0 aliphatic carbocycles. The highest BCUT2D eigenvalue weighted by atomic mass is 16.5. The van der Waals surface area contributed by atoms with Gasteiger partial charge in [-0.1, -0.05) is 261 Å². The fourth-order valence-corrected chi connectivity index (χ4v) is 7.45. The van der Waals surface area contributed by atoms with Crippen LogP contribution in [0.1, 0.15) is 239 Å². The second-order valence-corrected chi connectivity index (χ2v) is 17.0. The Hall–Kier alpha value is -2.44. The zero-order valence-corrected chi connectivity index (χ0v) is 38.9. The number of carbonyl (C=O) groups excluding carboxylic acids is 2. The smallest absolute Gasteiger partial charge is 0.306 e. The van der Waals surface area contributed by atoms with Gasteiger partial charge in [-0.2, -0.15) is 0 Å². The fraction of sp³-hybridized carbons (Fsp3) is 0.774. The molecular formula is C53H95NO5. The average Bonchev–Trinajstić information content (AvgIpc) is 3.23. The van der Waals surface area contributed by atoms with E-state index in [0.29, 0.717) is 19.3 Å². The van der Waals surface area contributed by atoms with Gasteiger partial charge in [0.15, 0.2) is 0 Å². The first kappa shape index (κ1) is 56.6. The molecular weight excluding hydrogens is 731 g/mol. The Morgan fingerprint density at radius 1 is 0.508 bits per heavy atom. The van der Waals surface area contributed by atoms with Crippen molar-refractivity contribution in [2.24, 2.45) is 0 Å². The van der Waals surface area contributed by atoms with E-state index >= 15 is 0 Å². The number of rotatable bonds is 44. The van der Waals surface area contributed by atoms with Crippen LogP contribution in [0.3, 0.4) is 0 Å². The van der Waals surface area contributed by atoms with Gasteiger partial charge in [-0.3, -0.25) is 9.59 Å². The maximum Gasteiger partial charge on any atom is 0.306 e. The summed E-state index contributed by atoms with van der Waals surface area (Å²) in [6.07, 6.45) is 57.4. The molecule has 0 aliphatic rings. The monoisotopic (exact) mass is 826 g/mol. The Balaban J connectivity index is 4.62. The van der Waals surface area contributed by atoms with Gasteiger partial charge in [-0.15, -0.1) is 0 Å². The van der Waals surface area contributed by atoms with Crippen molar-refractivity contribution >= 4 is 11.9 Å². The summed E-state index contributed by atoms with van der Waals surface area (Å²) in [6.45, 7) is 6.30. The van der Waals surface area contributed by atoms with Crippen molar-refractivity contribution in [3.63, 3.8) is 0 Å². The molecule has 3 N–H and O–H groups in total. The molecule has 0 saturated carbocycles. The van der Waals surface area contributed by atoms with Gasteiger partial charge in [0.25, 0.3) is 0 Å². The molecule has 6 heteroatoms. The first-order valence-electron chi connectivity index (χ1n) is 25.1. The number of aliphatic hydroxyl groups excluding tert-OH is 2. The Labute approximate surface area is 365 Å². The van der Waals surface area contributed by atoms with Gasteiger partial charge in [0.05, 0.1) is 25.2 Å². The fourth-order valence-electron chi connectivity index (χ4n) is 7.45. The molecule has 0 aromatic rings. The molecule has 342 valence electrons. The number of esters is 1. The van der Waals surface area contributed by atoms with Crippen molar-refractivity contribution in [1.29, 1.82) is 0 Å².